The van der Waals surface area contributed by atoms with Crippen LogP contribution in [0.1, 0.15) is 29.8 Å². The molecule has 178 valence electrons. The average Bonchev–Trinajstić information content (AvgIpc) is 3.23. The SMILES string of the molecule is CN(CCO)CCN1C(=O)N2[C@H](c3cccc(O)c3)c3[nH]c4ccc(Cl)cc4c3C[C@@]2(C)C1=O. The van der Waals surface area contributed by atoms with Gasteiger partial charge < -0.3 is 20.1 Å². The van der Waals surface area contributed by atoms with Crippen LogP contribution < -0.4 is 0 Å². The number of amides is 3. The van der Waals surface area contributed by atoms with E-state index in [2.05, 4.69) is 4.98 Å². The van der Waals surface area contributed by atoms with Crippen LogP contribution in [0.25, 0.3) is 10.9 Å². The number of H-pyrrole nitrogens is 1. The van der Waals surface area contributed by atoms with Crippen LogP contribution in [-0.2, 0) is 11.2 Å². The molecule has 2 aliphatic rings. The summed E-state index contributed by atoms with van der Waals surface area (Å²) in [6.45, 7) is 2.97. The van der Waals surface area contributed by atoms with Gasteiger partial charge in [0.2, 0.25) is 0 Å². The second kappa shape index (κ2) is 8.30. The number of aliphatic hydroxyl groups excluding tert-OH is 1. The summed E-state index contributed by atoms with van der Waals surface area (Å²) in [4.78, 5) is 35.8. The van der Waals surface area contributed by atoms with E-state index in [1.165, 1.54) is 4.90 Å². The Labute approximate surface area is 202 Å². The molecule has 0 unspecified atom stereocenters. The number of aromatic nitrogens is 1. The second-order valence-electron chi connectivity index (χ2n) is 9.29. The Morgan fingerprint density at radius 1 is 1.21 bits per heavy atom. The quantitative estimate of drug-likeness (QED) is 0.469. The van der Waals surface area contributed by atoms with Gasteiger partial charge in [-0.15, -0.1) is 0 Å². The summed E-state index contributed by atoms with van der Waals surface area (Å²) in [5, 5.41) is 20.9. The van der Waals surface area contributed by atoms with Gasteiger partial charge in [0.05, 0.1) is 6.61 Å². The predicted molar refractivity (Wildman–Crippen MR) is 129 cm³/mol. The van der Waals surface area contributed by atoms with Crippen LogP contribution in [0.3, 0.4) is 0 Å². The number of aromatic hydroxyl groups is 1. The summed E-state index contributed by atoms with van der Waals surface area (Å²) in [6, 6.07) is 11.5. The molecule has 0 bridgehead atoms. The van der Waals surface area contributed by atoms with Gasteiger partial charge in [0.25, 0.3) is 5.91 Å². The van der Waals surface area contributed by atoms with Crippen molar-refractivity contribution >= 4 is 34.4 Å². The fourth-order valence-corrected chi connectivity index (χ4v) is 5.45. The molecule has 2 atom stereocenters. The van der Waals surface area contributed by atoms with E-state index in [1.807, 2.05) is 37.1 Å². The van der Waals surface area contributed by atoms with E-state index in [0.29, 0.717) is 30.1 Å². The first-order chi connectivity index (χ1) is 16.2. The second-order valence-corrected chi connectivity index (χ2v) is 9.73. The molecule has 34 heavy (non-hydrogen) atoms. The van der Waals surface area contributed by atoms with Crippen molar-refractivity contribution in [1.82, 2.24) is 19.7 Å². The van der Waals surface area contributed by atoms with Crippen molar-refractivity contribution in [2.24, 2.45) is 0 Å². The van der Waals surface area contributed by atoms with E-state index in [0.717, 1.165) is 22.2 Å². The number of fused-ring (bicyclic) bond motifs is 4. The minimum atomic E-state index is -1.09. The molecular formula is C25H27ClN4O4. The number of phenolic OH excluding ortho intramolecular Hbond substituents is 1. The maximum atomic E-state index is 13.7. The molecule has 8 nitrogen and oxygen atoms in total. The average molecular weight is 483 g/mol. The minimum absolute atomic E-state index is 0.00604. The number of carbonyl (C=O) groups excluding carboxylic acids is 2. The number of nitrogens with zero attached hydrogens (tertiary/aromatic N) is 3. The van der Waals surface area contributed by atoms with Gasteiger partial charge in [0.15, 0.2) is 0 Å². The molecule has 3 aromatic rings. The molecule has 3 N–H and O–H groups in total. The number of benzene rings is 2. The lowest BCUT2D eigenvalue weighted by Gasteiger charge is -2.42. The first-order valence-electron chi connectivity index (χ1n) is 11.3. The summed E-state index contributed by atoms with van der Waals surface area (Å²) in [5.41, 5.74) is 2.27. The Bertz CT molecular complexity index is 1290. The van der Waals surface area contributed by atoms with Gasteiger partial charge in [-0.1, -0.05) is 23.7 Å². The van der Waals surface area contributed by atoms with Crippen LogP contribution in [0.5, 0.6) is 5.75 Å². The third-order valence-corrected chi connectivity index (χ3v) is 7.24. The minimum Gasteiger partial charge on any atom is -0.508 e. The number of imide groups is 1. The van der Waals surface area contributed by atoms with Gasteiger partial charge in [-0.2, -0.15) is 0 Å². The van der Waals surface area contributed by atoms with E-state index in [1.54, 1.807) is 29.2 Å². The summed E-state index contributed by atoms with van der Waals surface area (Å²) < 4.78 is 0. The topological polar surface area (TPSA) is 100 Å². The molecule has 1 saturated heterocycles. The maximum absolute atomic E-state index is 13.7. The molecule has 1 fully saturated rings. The van der Waals surface area contributed by atoms with Crippen LogP contribution in [0.2, 0.25) is 5.02 Å². The Balaban J connectivity index is 1.64. The number of nitrogens with one attached hydrogen (secondary N) is 1. The summed E-state index contributed by atoms with van der Waals surface area (Å²) in [6.07, 6.45) is 0.353. The molecule has 9 heteroatoms. The number of hydrogen-bond donors (Lipinski definition) is 3. The Kier molecular flexibility index (Phi) is 5.55. The number of urea groups is 1. The fourth-order valence-electron chi connectivity index (χ4n) is 5.28. The van der Waals surface area contributed by atoms with Crippen LogP contribution in [0, 0.1) is 0 Å². The number of hydrogen-bond acceptors (Lipinski definition) is 5. The largest absolute Gasteiger partial charge is 0.508 e. The van der Waals surface area contributed by atoms with Gasteiger partial charge >= 0.3 is 6.03 Å². The summed E-state index contributed by atoms with van der Waals surface area (Å²) in [7, 11) is 1.84. The van der Waals surface area contributed by atoms with Crippen molar-refractivity contribution in [3.63, 3.8) is 0 Å². The molecular weight excluding hydrogens is 456 g/mol. The van der Waals surface area contributed by atoms with Crippen LogP contribution in [-0.4, -0.2) is 80.7 Å². The van der Waals surface area contributed by atoms with E-state index >= 15 is 0 Å². The Morgan fingerprint density at radius 3 is 2.74 bits per heavy atom. The summed E-state index contributed by atoms with van der Waals surface area (Å²) >= 11 is 6.30. The van der Waals surface area contributed by atoms with Crippen molar-refractivity contribution < 1.29 is 19.8 Å². The molecule has 3 heterocycles. The molecule has 2 aliphatic heterocycles. The molecule has 0 radical (unpaired) electrons. The van der Waals surface area contributed by atoms with Crippen molar-refractivity contribution in [2.75, 3.05) is 33.3 Å². The number of halogens is 1. The highest BCUT2D eigenvalue weighted by Crippen LogP contribution is 2.49. The first kappa shape index (κ1) is 22.7. The lowest BCUT2D eigenvalue weighted by Crippen LogP contribution is -2.53. The number of aromatic amines is 1. The number of phenols is 1. The molecule has 3 amide bonds. The smallest absolute Gasteiger partial charge is 0.328 e. The van der Waals surface area contributed by atoms with Crippen LogP contribution >= 0.6 is 11.6 Å². The maximum Gasteiger partial charge on any atom is 0.328 e. The van der Waals surface area contributed by atoms with Crippen molar-refractivity contribution in [3.8, 4) is 5.75 Å². The van der Waals surface area contributed by atoms with Crippen LogP contribution in [0.4, 0.5) is 4.79 Å². The zero-order chi connectivity index (χ0) is 24.2. The number of rotatable bonds is 6. The van der Waals surface area contributed by atoms with E-state index in [4.69, 9.17) is 11.6 Å². The third-order valence-electron chi connectivity index (χ3n) is 7.00. The van der Waals surface area contributed by atoms with Crippen molar-refractivity contribution in [1.29, 1.82) is 0 Å². The molecule has 2 aromatic carbocycles. The predicted octanol–water partition coefficient (Wildman–Crippen LogP) is 3.12. The number of likely N-dealkylation sites (N-methyl/N-ethyl adjacent to an activating group) is 1. The zero-order valence-corrected chi connectivity index (χ0v) is 19.8. The van der Waals surface area contributed by atoms with Crippen LogP contribution in [0.15, 0.2) is 42.5 Å². The van der Waals surface area contributed by atoms with E-state index in [9.17, 15) is 19.8 Å². The van der Waals surface area contributed by atoms with Gasteiger partial charge in [-0.3, -0.25) is 14.6 Å². The third kappa shape index (κ3) is 3.45. The molecule has 0 saturated carbocycles. The highest BCUT2D eigenvalue weighted by molar-refractivity contribution is 6.31. The van der Waals surface area contributed by atoms with Gasteiger partial charge in [0, 0.05) is 47.7 Å². The van der Waals surface area contributed by atoms with E-state index in [-0.39, 0.29) is 30.8 Å². The van der Waals surface area contributed by atoms with E-state index < -0.39 is 11.6 Å². The highest BCUT2D eigenvalue weighted by atomic mass is 35.5. The Morgan fingerprint density at radius 2 is 2.00 bits per heavy atom. The molecule has 5 rings (SSSR count). The molecule has 0 aliphatic carbocycles. The normalized spacial score (nSPS) is 22.1. The van der Waals surface area contributed by atoms with Crippen molar-refractivity contribution in [2.45, 2.75) is 24.9 Å². The number of aliphatic hydroxyl groups is 1. The van der Waals surface area contributed by atoms with Crippen molar-refractivity contribution in [3.05, 3.63) is 64.3 Å². The lowest BCUT2D eigenvalue weighted by molar-refractivity contribution is -0.133. The summed E-state index contributed by atoms with van der Waals surface area (Å²) in [5.74, 6) is -0.159. The first-order valence-corrected chi connectivity index (χ1v) is 11.7. The van der Waals surface area contributed by atoms with Gasteiger partial charge in [0.1, 0.15) is 17.3 Å². The zero-order valence-electron chi connectivity index (χ0n) is 19.1. The Hall–Kier alpha value is -3.07. The highest BCUT2D eigenvalue weighted by Gasteiger charge is 2.60. The molecule has 0 spiro atoms. The fraction of sp³-hybridized carbons (Fsp3) is 0.360. The standard InChI is InChI=1S/C25H27ClN4O4/c1-25-14-19-18-13-16(26)6-7-20(18)27-21(19)22(15-4-3-5-17(32)12-15)30(25)24(34)29(23(25)33)9-8-28(2)10-11-31/h3-7,12-13,22,27,31-32H,8-11,14H2,1-2H3/t22-,25+/m1/s1. The lowest BCUT2D eigenvalue weighted by atomic mass is 9.81. The molecule has 1 aromatic heterocycles. The monoisotopic (exact) mass is 482 g/mol. The van der Waals surface area contributed by atoms with Gasteiger partial charge in [-0.25, -0.2) is 4.79 Å². The number of carbonyl (C=O) groups is 2. The van der Waals surface area contributed by atoms with Gasteiger partial charge in [-0.05, 0) is 55.4 Å².